The number of hydrogen-bond donors (Lipinski definition) is 1. The van der Waals surface area contributed by atoms with Crippen molar-refractivity contribution in [1.29, 1.82) is 0 Å². The normalized spacial score (nSPS) is 20.2. The summed E-state index contributed by atoms with van der Waals surface area (Å²) in [7, 11) is 1.45. The fraction of sp³-hybridized carbons (Fsp3) is 0.667. The van der Waals surface area contributed by atoms with Crippen molar-refractivity contribution in [3.05, 3.63) is 23.0 Å². The van der Waals surface area contributed by atoms with Gasteiger partial charge >= 0.3 is 5.97 Å². The standard InChI is InChI=1S/C15H24N2O2/c1-9(2)14(15(18)19-4)17-10(3)8-11-12(16)6-5-7-13(11)17/h8-9,12,14H,5-7,16H2,1-4H3. The fourth-order valence-corrected chi connectivity index (χ4v) is 3.14. The predicted molar refractivity (Wildman–Crippen MR) is 74.9 cm³/mol. The van der Waals surface area contributed by atoms with E-state index in [9.17, 15) is 4.79 Å². The zero-order valence-corrected chi connectivity index (χ0v) is 12.3. The predicted octanol–water partition coefficient (Wildman–Crippen LogP) is 2.50. The van der Waals surface area contributed by atoms with E-state index in [1.165, 1.54) is 18.4 Å². The first-order valence-corrected chi connectivity index (χ1v) is 7.01. The maximum absolute atomic E-state index is 12.1. The number of methoxy groups -OCH3 is 1. The van der Waals surface area contributed by atoms with Crippen molar-refractivity contribution in [2.75, 3.05) is 7.11 Å². The molecule has 0 aromatic carbocycles. The average Bonchev–Trinajstić information content (AvgIpc) is 2.68. The second kappa shape index (κ2) is 5.37. The van der Waals surface area contributed by atoms with Crippen LogP contribution in [0.5, 0.6) is 0 Å². The Hall–Kier alpha value is -1.29. The first-order chi connectivity index (χ1) is 8.97. The minimum absolute atomic E-state index is 0.106. The Morgan fingerprint density at radius 3 is 2.79 bits per heavy atom. The van der Waals surface area contributed by atoms with E-state index in [1.54, 1.807) is 0 Å². The zero-order chi connectivity index (χ0) is 14.2. The molecule has 106 valence electrons. The van der Waals surface area contributed by atoms with Gasteiger partial charge in [-0.2, -0.15) is 0 Å². The molecule has 19 heavy (non-hydrogen) atoms. The molecular formula is C15H24N2O2. The molecule has 1 aliphatic rings. The van der Waals surface area contributed by atoms with Gasteiger partial charge in [-0.1, -0.05) is 13.8 Å². The largest absolute Gasteiger partial charge is 0.467 e. The quantitative estimate of drug-likeness (QED) is 0.853. The molecule has 2 atom stereocenters. The molecule has 1 aliphatic carbocycles. The van der Waals surface area contributed by atoms with Gasteiger partial charge in [-0.3, -0.25) is 0 Å². The number of fused-ring (bicyclic) bond motifs is 1. The van der Waals surface area contributed by atoms with Crippen LogP contribution in [0.15, 0.2) is 6.07 Å². The Morgan fingerprint density at radius 2 is 2.21 bits per heavy atom. The van der Waals surface area contributed by atoms with Gasteiger partial charge in [-0.25, -0.2) is 4.79 Å². The molecule has 0 radical (unpaired) electrons. The lowest BCUT2D eigenvalue weighted by atomic mass is 9.93. The van der Waals surface area contributed by atoms with E-state index in [2.05, 4.69) is 24.5 Å². The van der Waals surface area contributed by atoms with Gasteiger partial charge < -0.3 is 15.0 Å². The Kier molecular flexibility index (Phi) is 3.99. The van der Waals surface area contributed by atoms with Gasteiger partial charge in [0, 0.05) is 17.4 Å². The lowest BCUT2D eigenvalue weighted by Crippen LogP contribution is -2.29. The van der Waals surface area contributed by atoms with Crippen molar-refractivity contribution >= 4 is 5.97 Å². The molecule has 0 bridgehead atoms. The molecule has 0 aliphatic heterocycles. The first-order valence-electron chi connectivity index (χ1n) is 7.01. The Balaban J connectivity index is 2.51. The molecule has 0 saturated carbocycles. The molecule has 1 heterocycles. The third-order valence-electron chi connectivity index (χ3n) is 4.05. The molecule has 0 spiro atoms. The fourth-order valence-electron chi connectivity index (χ4n) is 3.14. The van der Waals surface area contributed by atoms with Gasteiger partial charge in [-0.15, -0.1) is 0 Å². The van der Waals surface area contributed by atoms with Crippen LogP contribution >= 0.6 is 0 Å². The van der Waals surface area contributed by atoms with Gasteiger partial charge in [0.25, 0.3) is 0 Å². The third kappa shape index (κ3) is 2.41. The molecular weight excluding hydrogens is 240 g/mol. The van der Waals surface area contributed by atoms with Crippen LogP contribution in [0.25, 0.3) is 0 Å². The summed E-state index contributed by atoms with van der Waals surface area (Å²) in [6, 6.07) is 1.99. The monoisotopic (exact) mass is 264 g/mol. The van der Waals surface area contributed by atoms with Crippen molar-refractivity contribution in [3.63, 3.8) is 0 Å². The van der Waals surface area contributed by atoms with Gasteiger partial charge in [-0.05, 0) is 43.7 Å². The molecule has 2 N–H and O–H groups in total. The number of aryl methyl sites for hydroxylation is 1. The van der Waals surface area contributed by atoms with Crippen LogP contribution in [0.3, 0.4) is 0 Å². The minimum Gasteiger partial charge on any atom is -0.467 e. The van der Waals surface area contributed by atoms with Crippen LogP contribution in [0.4, 0.5) is 0 Å². The molecule has 4 nitrogen and oxygen atoms in total. The molecule has 1 aromatic rings. The SMILES string of the molecule is COC(=O)C(C(C)C)n1c(C)cc2c1CCCC2N. The van der Waals surface area contributed by atoms with Gasteiger partial charge in [0.05, 0.1) is 7.11 Å². The summed E-state index contributed by atoms with van der Waals surface area (Å²) >= 11 is 0. The molecule has 4 heteroatoms. The van der Waals surface area contributed by atoms with E-state index in [-0.39, 0.29) is 24.0 Å². The number of hydrogen-bond acceptors (Lipinski definition) is 3. The third-order valence-corrected chi connectivity index (χ3v) is 4.05. The highest BCUT2D eigenvalue weighted by Gasteiger charge is 2.31. The summed E-state index contributed by atoms with van der Waals surface area (Å²) in [5, 5.41) is 0. The second-order valence-corrected chi connectivity index (χ2v) is 5.77. The lowest BCUT2D eigenvalue weighted by molar-refractivity contribution is -0.146. The number of esters is 1. The smallest absolute Gasteiger partial charge is 0.329 e. The summed E-state index contributed by atoms with van der Waals surface area (Å²) in [4.78, 5) is 12.1. The van der Waals surface area contributed by atoms with Crippen molar-refractivity contribution in [2.24, 2.45) is 11.7 Å². The molecule has 0 saturated heterocycles. The van der Waals surface area contributed by atoms with E-state index in [1.807, 2.05) is 6.92 Å². The van der Waals surface area contributed by atoms with E-state index < -0.39 is 0 Å². The van der Waals surface area contributed by atoms with Crippen molar-refractivity contribution in [1.82, 2.24) is 4.57 Å². The minimum atomic E-state index is -0.251. The molecule has 2 unspecified atom stereocenters. The zero-order valence-electron chi connectivity index (χ0n) is 12.3. The van der Waals surface area contributed by atoms with Crippen LogP contribution in [0.2, 0.25) is 0 Å². The Labute approximate surface area is 114 Å². The molecule has 2 rings (SSSR count). The van der Waals surface area contributed by atoms with Crippen LogP contribution < -0.4 is 5.73 Å². The van der Waals surface area contributed by atoms with Crippen LogP contribution in [-0.2, 0) is 16.0 Å². The highest BCUT2D eigenvalue weighted by molar-refractivity contribution is 5.75. The maximum Gasteiger partial charge on any atom is 0.329 e. The summed E-state index contributed by atoms with van der Waals surface area (Å²) in [5.74, 6) is 0.0245. The highest BCUT2D eigenvalue weighted by Crippen LogP contribution is 2.34. The van der Waals surface area contributed by atoms with Gasteiger partial charge in [0.15, 0.2) is 0 Å². The number of carbonyl (C=O) groups excluding carboxylic acids is 1. The number of nitrogens with zero attached hydrogens (tertiary/aromatic N) is 1. The number of rotatable bonds is 3. The molecule has 0 fully saturated rings. The average molecular weight is 264 g/mol. The lowest BCUT2D eigenvalue weighted by Gasteiger charge is -2.27. The Bertz CT molecular complexity index is 477. The van der Waals surface area contributed by atoms with Gasteiger partial charge in [0.1, 0.15) is 6.04 Å². The number of aromatic nitrogens is 1. The Morgan fingerprint density at radius 1 is 1.53 bits per heavy atom. The van der Waals surface area contributed by atoms with Crippen LogP contribution in [0.1, 0.15) is 55.7 Å². The topological polar surface area (TPSA) is 57.2 Å². The number of ether oxygens (including phenoxy) is 1. The second-order valence-electron chi connectivity index (χ2n) is 5.77. The summed E-state index contributed by atoms with van der Waals surface area (Å²) in [5.41, 5.74) is 9.72. The van der Waals surface area contributed by atoms with Crippen molar-refractivity contribution in [2.45, 2.75) is 52.1 Å². The van der Waals surface area contributed by atoms with Gasteiger partial charge in [0.2, 0.25) is 0 Å². The summed E-state index contributed by atoms with van der Waals surface area (Å²) in [6.07, 6.45) is 3.11. The van der Waals surface area contributed by atoms with Crippen molar-refractivity contribution < 1.29 is 9.53 Å². The van der Waals surface area contributed by atoms with E-state index in [0.29, 0.717) is 0 Å². The number of nitrogens with two attached hydrogens (primary N) is 1. The highest BCUT2D eigenvalue weighted by atomic mass is 16.5. The maximum atomic E-state index is 12.1. The van der Waals surface area contributed by atoms with E-state index in [0.717, 1.165) is 25.0 Å². The van der Waals surface area contributed by atoms with E-state index >= 15 is 0 Å². The first kappa shape index (κ1) is 14.1. The van der Waals surface area contributed by atoms with Crippen molar-refractivity contribution in [3.8, 4) is 0 Å². The molecule has 0 amide bonds. The molecule has 1 aromatic heterocycles. The van der Waals surface area contributed by atoms with Crippen LogP contribution in [-0.4, -0.2) is 17.6 Å². The number of carbonyl (C=O) groups is 1. The van der Waals surface area contributed by atoms with Crippen LogP contribution in [0, 0.1) is 12.8 Å². The van der Waals surface area contributed by atoms with E-state index in [4.69, 9.17) is 10.5 Å². The summed E-state index contributed by atoms with van der Waals surface area (Å²) in [6.45, 7) is 6.15. The summed E-state index contributed by atoms with van der Waals surface area (Å²) < 4.78 is 7.12.